The molecule has 0 bridgehead atoms. The molecule has 1 fully saturated rings. The minimum atomic E-state index is -0.0451. The van der Waals surface area contributed by atoms with E-state index < -0.39 is 0 Å². The van der Waals surface area contributed by atoms with Crippen LogP contribution in [0.1, 0.15) is 18.5 Å². The van der Waals surface area contributed by atoms with Crippen LogP contribution in [0.5, 0.6) is 0 Å². The Morgan fingerprint density at radius 3 is 2.45 bits per heavy atom. The number of rotatable bonds is 1. The normalized spacial score (nSPS) is 17.9. The standard InChI is InChI=1S/C6H9N3.2ClH/c7-6(2-3-6)5-1-4-8-9-5;;/h1,4H,2-3,7H2,(H,8,9);2*1H. The average molecular weight is 196 g/mol. The molecule has 1 saturated carbocycles. The van der Waals surface area contributed by atoms with Gasteiger partial charge in [0.25, 0.3) is 0 Å². The third-order valence-electron chi connectivity index (χ3n) is 1.83. The summed E-state index contributed by atoms with van der Waals surface area (Å²) in [5.41, 5.74) is 6.87. The van der Waals surface area contributed by atoms with Gasteiger partial charge in [-0.1, -0.05) is 0 Å². The molecule has 0 atom stereocenters. The summed E-state index contributed by atoms with van der Waals surface area (Å²) in [7, 11) is 0. The van der Waals surface area contributed by atoms with Crippen molar-refractivity contribution in [3.05, 3.63) is 18.0 Å². The Kier molecular flexibility index (Phi) is 3.35. The molecule has 1 heterocycles. The average Bonchev–Trinajstić information content (AvgIpc) is 2.46. The minimum absolute atomic E-state index is 0. The summed E-state index contributed by atoms with van der Waals surface area (Å²) < 4.78 is 0. The van der Waals surface area contributed by atoms with Gasteiger partial charge in [0.2, 0.25) is 0 Å². The molecule has 0 amide bonds. The Labute approximate surface area is 77.6 Å². The summed E-state index contributed by atoms with van der Waals surface area (Å²) in [6.07, 6.45) is 3.92. The molecule has 1 aliphatic carbocycles. The van der Waals surface area contributed by atoms with Crippen LogP contribution >= 0.6 is 24.8 Å². The molecule has 0 spiro atoms. The Morgan fingerprint density at radius 1 is 1.45 bits per heavy atom. The number of halogens is 2. The number of hydrogen-bond acceptors (Lipinski definition) is 2. The van der Waals surface area contributed by atoms with Gasteiger partial charge in [-0.2, -0.15) is 5.10 Å². The summed E-state index contributed by atoms with van der Waals surface area (Å²) in [5, 5.41) is 6.69. The molecular weight excluding hydrogens is 185 g/mol. The number of nitrogens with zero attached hydrogens (tertiary/aromatic N) is 1. The topological polar surface area (TPSA) is 54.7 Å². The van der Waals surface area contributed by atoms with E-state index in [9.17, 15) is 0 Å². The highest BCUT2D eigenvalue weighted by atomic mass is 35.5. The number of nitrogens with one attached hydrogen (secondary N) is 1. The maximum absolute atomic E-state index is 5.84. The van der Waals surface area contributed by atoms with Gasteiger partial charge in [0.1, 0.15) is 0 Å². The molecule has 0 unspecified atom stereocenters. The molecule has 3 nitrogen and oxygen atoms in total. The Balaban J connectivity index is 0.000000500. The number of aromatic amines is 1. The van der Waals surface area contributed by atoms with Crippen molar-refractivity contribution in [3.8, 4) is 0 Å². The predicted octanol–water partition coefficient (Wildman–Crippen LogP) is 1.20. The van der Waals surface area contributed by atoms with E-state index in [0.717, 1.165) is 18.5 Å². The van der Waals surface area contributed by atoms with Gasteiger partial charge in [-0.05, 0) is 18.9 Å². The van der Waals surface area contributed by atoms with Crippen LogP contribution in [0.3, 0.4) is 0 Å². The Hall–Kier alpha value is -0.250. The van der Waals surface area contributed by atoms with E-state index in [-0.39, 0.29) is 30.4 Å². The number of H-pyrrole nitrogens is 1. The van der Waals surface area contributed by atoms with Gasteiger partial charge >= 0.3 is 0 Å². The first-order chi connectivity index (χ1) is 4.31. The molecule has 0 aromatic carbocycles. The molecule has 0 aliphatic heterocycles. The van der Waals surface area contributed by atoms with E-state index in [1.807, 2.05) is 6.07 Å². The lowest BCUT2D eigenvalue weighted by molar-refractivity contribution is 0.702. The van der Waals surface area contributed by atoms with Crippen LogP contribution in [0.15, 0.2) is 12.3 Å². The molecular formula is C6H11Cl2N3. The fourth-order valence-corrected chi connectivity index (χ4v) is 0.937. The van der Waals surface area contributed by atoms with E-state index in [2.05, 4.69) is 10.2 Å². The SMILES string of the molecule is Cl.Cl.NC1(c2ccn[nH]2)CC1. The minimum Gasteiger partial charge on any atom is -0.320 e. The highest BCUT2D eigenvalue weighted by Gasteiger charge is 2.41. The molecule has 3 N–H and O–H groups in total. The number of hydrogen-bond donors (Lipinski definition) is 2. The fourth-order valence-electron chi connectivity index (χ4n) is 0.937. The highest BCUT2D eigenvalue weighted by Crippen LogP contribution is 2.41. The molecule has 64 valence electrons. The van der Waals surface area contributed by atoms with E-state index in [1.54, 1.807) is 6.20 Å². The monoisotopic (exact) mass is 195 g/mol. The van der Waals surface area contributed by atoms with Gasteiger partial charge in [-0.3, -0.25) is 5.10 Å². The molecule has 1 aliphatic rings. The van der Waals surface area contributed by atoms with E-state index in [1.165, 1.54) is 0 Å². The van der Waals surface area contributed by atoms with Crippen LogP contribution in [0, 0.1) is 0 Å². The molecule has 0 saturated heterocycles. The fraction of sp³-hybridized carbons (Fsp3) is 0.500. The van der Waals surface area contributed by atoms with Crippen LogP contribution < -0.4 is 5.73 Å². The van der Waals surface area contributed by atoms with Crippen molar-refractivity contribution >= 4 is 24.8 Å². The predicted molar refractivity (Wildman–Crippen MR) is 48.2 cm³/mol. The molecule has 5 heteroatoms. The van der Waals surface area contributed by atoms with Crippen LogP contribution in [0.25, 0.3) is 0 Å². The van der Waals surface area contributed by atoms with Gasteiger partial charge in [0, 0.05) is 6.20 Å². The largest absolute Gasteiger partial charge is 0.320 e. The van der Waals surface area contributed by atoms with E-state index in [4.69, 9.17) is 5.73 Å². The van der Waals surface area contributed by atoms with Gasteiger partial charge in [-0.25, -0.2) is 0 Å². The van der Waals surface area contributed by atoms with Gasteiger partial charge in [-0.15, -0.1) is 24.8 Å². The lowest BCUT2D eigenvalue weighted by atomic mass is 10.2. The van der Waals surface area contributed by atoms with Crippen LogP contribution in [-0.2, 0) is 5.54 Å². The van der Waals surface area contributed by atoms with Crippen LogP contribution in [0.4, 0.5) is 0 Å². The summed E-state index contributed by atoms with van der Waals surface area (Å²) in [6.45, 7) is 0. The second kappa shape index (κ2) is 3.43. The third-order valence-corrected chi connectivity index (χ3v) is 1.83. The molecule has 11 heavy (non-hydrogen) atoms. The maximum atomic E-state index is 5.84. The zero-order chi connectivity index (χ0) is 6.32. The molecule has 0 radical (unpaired) electrons. The first kappa shape index (κ1) is 10.8. The Morgan fingerprint density at radius 2 is 2.09 bits per heavy atom. The molecule has 1 aromatic heterocycles. The van der Waals surface area contributed by atoms with Crippen molar-refractivity contribution in [3.63, 3.8) is 0 Å². The maximum Gasteiger partial charge on any atom is 0.0579 e. The second-order valence-electron chi connectivity index (χ2n) is 2.63. The summed E-state index contributed by atoms with van der Waals surface area (Å²) in [4.78, 5) is 0. The third kappa shape index (κ3) is 1.86. The van der Waals surface area contributed by atoms with Crippen molar-refractivity contribution in [2.45, 2.75) is 18.4 Å². The second-order valence-corrected chi connectivity index (χ2v) is 2.63. The van der Waals surface area contributed by atoms with E-state index in [0.29, 0.717) is 0 Å². The van der Waals surface area contributed by atoms with E-state index >= 15 is 0 Å². The molecule has 1 aromatic rings. The first-order valence-corrected chi connectivity index (χ1v) is 3.10. The number of aromatic nitrogens is 2. The lowest BCUT2D eigenvalue weighted by Gasteiger charge is -2.01. The zero-order valence-corrected chi connectivity index (χ0v) is 7.54. The summed E-state index contributed by atoms with van der Waals surface area (Å²) in [6, 6.07) is 1.94. The lowest BCUT2D eigenvalue weighted by Crippen LogP contribution is -2.18. The Bertz CT molecular complexity index is 206. The summed E-state index contributed by atoms with van der Waals surface area (Å²) >= 11 is 0. The quantitative estimate of drug-likeness (QED) is 0.708. The van der Waals surface area contributed by atoms with Gasteiger partial charge in [0.15, 0.2) is 0 Å². The highest BCUT2D eigenvalue weighted by molar-refractivity contribution is 5.85. The van der Waals surface area contributed by atoms with Crippen molar-refractivity contribution in [1.29, 1.82) is 0 Å². The van der Waals surface area contributed by atoms with Crippen molar-refractivity contribution in [1.82, 2.24) is 10.2 Å². The van der Waals surface area contributed by atoms with Crippen molar-refractivity contribution in [2.75, 3.05) is 0 Å². The molecule has 2 rings (SSSR count). The van der Waals surface area contributed by atoms with Gasteiger partial charge in [0.05, 0.1) is 11.2 Å². The van der Waals surface area contributed by atoms with Gasteiger partial charge < -0.3 is 5.73 Å². The van der Waals surface area contributed by atoms with Crippen LogP contribution in [0.2, 0.25) is 0 Å². The zero-order valence-electron chi connectivity index (χ0n) is 5.91. The number of nitrogens with two attached hydrogens (primary N) is 1. The smallest absolute Gasteiger partial charge is 0.0579 e. The van der Waals surface area contributed by atoms with Crippen molar-refractivity contribution in [2.24, 2.45) is 5.73 Å². The summed E-state index contributed by atoms with van der Waals surface area (Å²) in [5.74, 6) is 0. The van der Waals surface area contributed by atoms with Crippen LogP contribution in [-0.4, -0.2) is 10.2 Å². The first-order valence-electron chi connectivity index (χ1n) is 3.10. The van der Waals surface area contributed by atoms with Crippen molar-refractivity contribution < 1.29 is 0 Å².